The summed E-state index contributed by atoms with van der Waals surface area (Å²) in [6.07, 6.45) is 12.0. The average molecular weight is 595 g/mol. The zero-order valence-electron chi connectivity index (χ0n) is 25.5. The van der Waals surface area contributed by atoms with Crippen LogP contribution in [0.4, 0.5) is 27.5 Å². The lowest BCUT2D eigenvalue weighted by Crippen LogP contribution is -2.55. The number of benzene rings is 1. The number of carboxylic acids is 1. The molecule has 1 aliphatic heterocycles. The summed E-state index contributed by atoms with van der Waals surface area (Å²) < 4.78 is 15.1. The van der Waals surface area contributed by atoms with E-state index in [4.69, 9.17) is 4.98 Å². The fourth-order valence-electron chi connectivity index (χ4n) is 5.86. The highest BCUT2D eigenvalue weighted by atomic mass is 19.1. The molecule has 0 bridgehead atoms. The number of aliphatic carboxylic acids is 1. The number of carbonyl (C=O) groups is 3. The average Bonchev–Trinajstić information content (AvgIpc) is 3.50. The number of nitrogens with zero attached hydrogens (tertiary/aromatic N) is 4. The van der Waals surface area contributed by atoms with Crippen molar-refractivity contribution in [2.75, 3.05) is 22.2 Å². The van der Waals surface area contributed by atoms with Crippen molar-refractivity contribution in [3.8, 4) is 0 Å². The van der Waals surface area contributed by atoms with Crippen LogP contribution in [-0.4, -0.2) is 58.0 Å². The minimum atomic E-state index is -1.03. The fraction of sp³-hybridized carbons (Fsp3) is 0.531. The van der Waals surface area contributed by atoms with Crippen molar-refractivity contribution in [3.63, 3.8) is 0 Å². The van der Waals surface area contributed by atoms with E-state index in [1.54, 1.807) is 36.4 Å². The maximum atomic E-state index is 15.1. The van der Waals surface area contributed by atoms with Gasteiger partial charge in [-0.25, -0.2) is 14.2 Å². The number of hydrogen-bond acceptors (Lipinski definition) is 7. The Labute approximate surface area is 252 Å². The van der Waals surface area contributed by atoms with Crippen molar-refractivity contribution < 1.29 is 23.9 Å². The Hall–Kier alpha value is -4.02. The molecule has 2 aromatic rings. The number of halogens is 1. The van der Waals surface area contributed by atoms with E-state index in [0.717, 1.165) is 25.7 Å². The Morgan fingerprint density at radius 1 is 1.23 bits per heavy atom. The molecule has 2 atom stereocenters. The standard InChI is InChI=1S/C32H43FN6O4/c1-5-26-30(41)38(4)27-19-34-32(37-29(27)39(26)22-12-9-10-13-22)36-24-16-15-21(18-23(24)33)11-7-6-8-14-28(40)35-25(31(42)43)17-20(2)3/h7,11,15-16,18-20,22,25-26H,5-6,8-10,12-14,17H2,1-4H3,(H,35,40)(H,42,43)(H,34,36,37)/t25-,26+/m0/s1. The second-order valence-corrected chi connectivity index (χ2v) is 11.8. The molecule has 10 nitrogen and oxygen atoms in total. The molecule has 43 heavy (non-hydrogen) atoms. The number of hydrogen-bond donors (Lipinski definition) is 3. The van der Waals surface area contributed by atoms with E-state index >= 15 is 4.39 Å². The van der Waals surface area contributed by atoms with Gasteiger partial charge in [0.05, 0.1) is 11.9 Å². The summed E-state index contributed by atoms with van der Waals surface area (Å²) in [5.74, 6) is -0.616. The van der Waals surface area contributed by atoms with Crippen LogP contribution in [0.3, 0.4) is 0 Å². The summed E-state index contributed by atoms with van der Waals surface area (Å²) in [7, 11) is 1.75. The largest absolute Gasteiger partial charge is 0.480 e. The number of amides is 2. The quantitative estimate of drug-likeness (QED) is 0.254. The molecule has 4 rings (SSSR count). The minimum absolute atomic E-state index is 0.0395. The van der Waals surface area contributed by atoms with Crippen molar-refractivity contribution in [2.45, 2.75) is 96.7 Å². The van der Waals surface area contributed by atoms with E-state index < -0.39 is 17.8 Å². The van der Waals surface area contributed by atoms with Crippen LogP contribution >= 0.6 is 0 Å². The molecule has 0 unspecified atom stereocenters. The SMILES string of the molecule is CC[C@@H]1C(=O)N(C)c2cnc(Nc3ccc(C=CCCCC(=O)N[C@@H](CC(C)C)C(=O)O)cc3F)nc2N1C1CCCC1. The Kier molecular flexibility index (Phi) is 10.7. The first-order valence-electron chi connectivity index (χ1n) is 15.3. The molecule has 0 saturated heterocycles. The van der Waals surface area contributed by atoms with E-state index in [-0.39, 0.29) is 47.9 Å². The van der Waals surface area contributed by atoms with E-state index in [0.29, 0.717) is 42.8 Å². The number of fused-ring (bicyclic) bond motifs is 1. The van der Waals surface area contributed by atoms with Crippen molar-refractivity contribution in [1.29, 1.82) is 0 Å². The van der Waals surface area contributed by atoms with Crippen LogP contribution < -0.4 is 20.4 Å². The third kappa shape index (κ3) is 7.88. The molecule has 11 heteroatoms. The van der Waals surface area contributed by atoms with Crippen molar-refractivity contribution in [2.24, 2.45) is 5.92 Å². The lowest BCUT2D eigenvalue weighted by Gasteiger charge is -2.43. The number of carboxylic acid groups (broad SMARTS) is 1. The maximum Gasteiger partial charge on any atom is 0.326 e. The smallest absolute Gasteiger partial charge is 0.326 e. The van der Waals surface area contributed by atoms with Crippen LogP contribution in [0.2, 0.25) is 0 Å². The monoisotopic (exact) mass is 594 g/mol. The molecule has 2 amide bonds. The van der Waals surface area contributed by atoms with Gasteiger partial charge in [0, 0.05) is 19.5 Å². The normalized spacial score (nSPS) is 17.9. The molecule has 3 N–H and O–H groups in total. The van der Waals surface area contributed by atoms with Crippen LogP contribution in [0, 0.1) is 11.7 Å². The number of carbonyl (C=O) groups excluding carboxylic acids is 2. The highest BCUT2D eigenvalue weighted by Crippen LogP contribution is 2.40. The summed E-state index contributed by atoms with van der Waals surface area (Å²) in [6.45, 7) is 5.83. The predicted molar refractivity (Wildman–Crippen MR) is 166 cm³/mol. The van der Waals surface area contributed by atoms with Gasteiger partial charge in [-0.1, -0.05) is 51.8 Å². The molecule has 1 aromatic heterocycles. The second-order valence-electron chi connectivity index (χ2n) is 11.8. The number of rotatable bonds is 13. The first kappa shape index (κ1) is 31.9. The van der Waals surface area contributed by atoms with Gasteiger partial charge in [-0.15, -0.1) is 0 Å². The summed E-state index contributed by atoms with van der Waals surface area (Å²) in [5, 5.41) is 14.9. The van der Waals surface area contributed by atoms with E-state index in [9.17, 15) is 19.5 Å². The number of aromatic nitrogens is 2. The minimum Gasteiger partial charge on any atom is -0.480 e. The first-order valence-corrected chi connectivity index (χ1v) is 15.3. The molecule has 0 spiro atoms. The fourth-order valence-corrected chi connectivity index (χ4v) is 5.86. The highest BCUT2D eigenvalue weighted by Gasteiger charge is 2.41. The molecular weight excluding hydrogens is 551 g/mol. The summed E-state index contributed by atoms with van der Waals surface area (Å²) in [6, 6.07) is 3.90. The number of allylic oxidation sites excluding steroid dienone is 1. The number of unbranched alkanes of at least 4 members (excludes halogenated alkanes) is 1. The van der Waals surface area contributed by atoms with Gasteiger partial charge in [-0.2, -0.15) is 4.98 Å². The second kappa shape index (κ2) is 14.4. The third-order valence-corrected chi connectivity index (χ3v) is 8.08. The molecule has 2 aliphatic rings. The lowest BCUT2D eigenvalue weighted by molar-refractivity contribution is -0.142. The third-order valence-electron chi connectivity index (χ3n) is 8.08. The zero-order chi connectivity index (χ0) is 31.1. The lowest BCUT2D eigenvalue weighted by atomic mass is 10.0. The van der Waals surface area contributed by atoms with Crippen LogP contribution in [0.5, 0.6) is 0 Å². The van der Waals surface area contributed by atoms with Gasteiger partial charge in [0.25, 0.3) is 0 Å². The van der Waals surface area contributed by atoms with Gasteiger partial charge in [0.15, 0.2) is 5.82 Å². The van der Waals surface area contributed by atoms with Gasteiger partial charge in [-0.3, -0.25) is 9.59 Å². The van der Waals surface area contributed by atoms with E-state index in [2.05, 4.69) is 20.5 Å². The molecule has 2 heterocycles. The molecule has 232 valence electrons. The summed E-state index contributed by atoms with van der Waals surface area (Å²) >= 11 is 0. The molecule has 1 saturated carbocycles. The topological polar surface area (TPSA) is 128 Å². The van der Waals surface area contributed by atoms with E-state index in [1.165, 1.54) is 6.07 Å². The van der Waals surface area contributed by atoms with Crippen LogP contribution in [0.15, 0.2) is 30.5 Å². The number of likely N-dealkylation sites (N-methyl/N-ethyl adjacent to an activating group) is 1. The Morgan fingerprint density at radius 3 is 2.63 bits per heavy atom. The Bertz CT molecular complexity index is 1340. The van der Waals surface area contributed by atoms with Crippen molar-refractivity contribution in [1.82, 2.24) is 15.3 Å². The summed E-state index contributed by atoms with van der Waals surface area (Å²) in [4.78, 5) is 49.5. The van der Waals surface area contributed by atoms with Gasteiger partial charge in [0.1, 0.15) is 23.6 Å². The Morgan fingerprint density at radius 2 is 1.98 bits per heavy atom. The molecule has 1 aliphatic carbocycles. The van der Waals surface area contributed by atoms with Gasteiger partial charge >= 0.3 is 5.97 Å². The van der Waals surface area contributed by atoms with Gasteiger partial charge < -0.3 is 25.5 Å². The van der Waals surface area contributed by atoms with Gasteiger partial charge in [-0.05, 0) is 62.1 Å². The Balaban J connectivity index is 1.37. The molecule has 1 fully saturated rings. The number of nitrogens with one attached hydrogen (secondary N) is 2. The molecule has 1 aromatic carbocycles. The number of anilines is 4. The van der Waals surface area contributed by atoms with Crippen LogP contribution in [0.25, 0.3) is 6.08 Å². The van der Waals surface area contributed by atoms with E-state index in [1.807, 2.05) is 26.8 Å². The zero-order valence-corrected chi connectivity index (χ0v) is 25.5. The first-order chi connectivity index (χ1) is 20.6. The summed E-state index contributed by atoms with van der Waals surface area (Å²) in [5.41, 5.74) is 1.56. The predicted octanol–water partition coefficient (Wildman–Crippen LogP) is 5.66. The van der Waals surface area contributed by atoms with Crippen molar-refractivity contribution in [3.05, 3.63) is 41.9 Å². The maximum absolute atomic E-state index is 15.1. The van der Waals surface area contributed by atoms with Crippen LogP contribution in [-0.2, 0) is 14.4 Å². The molecule has 0 radical (unpaired) electrons. The van der Waals surface area contributed by atoms with Crippen LogP contribution in [0.1, 0.15) is 84.1 Å². The van der Waals surface area contributed by atoms with Gasteiger partial charge in [0.2, 0.25) is 17.8 Å². The van der Waals surface area contributed by atoms with Crippen molar-refractivity contribution >= 4 is 47.0 Å². The molecular formula is C32H43FN6O4. The highest BCUT2D eigenvalue weighted by molar-refractivity contribution is 6.04.